The average molecular weight is 281 g/mol. The molecule has 0 spiro atoms. The summed E-state index contributed by atoms with van der Waals surface area (Å²) in [6.07, 6.45) is 4.71. The molecule has 0 aromatic heterocycles. The van der Waals surface area contributed by atoms with Crippen molar-refractivity contribution in [1.82, 2.24) is 15.5 Å². The van der Waals surface area contributed by atoms with Crippen molar-refractivity contribution in [3.63, 3.8) is 0 Å². The van der Waals surface area contributed by atoms with Crippen molar-refractivity contribution < 1.29 is 9.59 Å². The molecule has 2 rings (SSSR count). The smallest absolute Gasteiger partial charge is 0.227 e. The van der Waals surface area contributed by atoms with Gasteiger partial charge in [-0.25, -0.2) is 0 Å². The molecule has 2 saturated heterocycles. The summed E-state index contributed by atoms with van der Waals surface area (Å²) in [6, 6.07) is 0. The van der Waals surface area contributed by atoms with Crippen molar-refractivity contribution in [2.75, 3.05) is 32.7 Å². The number of hydrogen-bond acceptors (Lipinski definition) is 3. The third-order valence-electron chi connectivity index (χ3n) is 4.42. The van der Waals surface area contributed by atoms with Gasteiger partial charge in [0.1, 0.15) is 0 Å². The Labute approximate surface area is 121 Å². The van der Waals surface area contributed by atoms with Gasteiger partial charge in [-0.05, 0) is 32.2 Å². The van der Waals surface area contributed by atoms with Crippen LogP contribution in [-0.2, 0) is 9.59 Å². The molecule has 0 aliphatic carbocycles. The summed E-state index contributed by atoms with van der Waals surface area (Å²) in [5.41, 5.74) is 0. The molecule has 5 heteroatoms. The van der Waals surface area contributed by atoms with E-state index in [0.717, 1.165) is 64.8 Å². The summed E-state index contributed by atoms with van der Waals surface area (Å²) in [5, 5.41) is 6.24. The minimum atomic E-state index is 0.0950. The second-order valence-electron chi connectivity index (χ2n) is 5.93. The molecule has 0 radical (unpaired) electrons. The Morgan fingerprint density at radius 3 is 2.55 bits per heavy atom. The largest absolute Gasteiger partial charge is 0.356 e. The van der Waals surface area contributed by atoms with E-state index in [4.69, 9.17) is 0 Å². The van der Waals surface area contributed by atoms with E-state index in [9.17, 15) is 9.59 Å². The molecule has 5 nitrogen and oxygen atoms in total. The van der Waals surface area contributed by atoms with Gasteiger partial charge in [0.15, 0.2) is 0 Å². The second kappa shape index (κ2) is 7.62. The van der Waals surface area contributed by atoms with Gasteiger partial charge in [-0.1, -0.05) is 13.3 Å². The van der Waals surface area contributed by atoms with Crippen LogP contribution in [0.1, 0.15) is 39.0 Å². The molecule has 0 aromatic rings. The van der Waals surface area contributed by atoms with Gasteiger partial charge in [-0.15, -0.1) is 0 Å². The SMILES string of the molecule is CCCCNC(=O)C1CCN(C(=O)C2CCNC2)CC1. The highest BCUT2D eigenvalue weighted by molar-refractivity contribution is 5.81. The number of carbonyl (C=O) groups excluding carboxylic acids is 2. The van der Waals surface area contributed by atoms with Gasteiger partial charge in [0.25, 0.3) is 0 Å². The quantitative estimate of drug-likeness (QED) is 0.731. The van der Waals surface area contributed by atoms with Crippen molar-refractivity contribution >= 4 is 11.8 Å². The fourth-order valence-electron chi connectivity index (χ4n) is 3.02. The van der Waals surface area contributed by atoms with E-state index in [1.165, 1.54) is 0 Å². The summed E-state index contributed by atoms with van der Waals surface area (Å²) in [4.78, 5) is 26.2. The average Bonchev–Trinajstić information content (AvgIpc) is 3.01. The molecule has 2 aliphatic heterocycles. The lowest BCUT2D eigenvalue weighted by Gasteiger charge is -2.32. The van der Waals surface area contributed by atoms with E-state index in [1.54, 1.807) is 0 Å². The van der Waals surface area contributed by atoms with Crippen LogP contribution in [0.3, 0.4) is 0 Å². The number of nitrogens with zero attached hydrogens (tertiary/aromatic N) is 1. The fourth-order valence-corrected chi connectivity index (χ4v) is 3.02. The summed E-state index contributed by atoms with van der Waals surface area (Å²) < 4.78 is 0. The van der Waals surface area contributed by atoms with Gasteiger partial charge in [-0.3, -0.25) is 9.59 Å². The third kappa shape index (κ3) is 3.95. The lowest BCUT2D eigenvalue weighted by atomic mass is 9.94. The monoisotopic (exact) mass is 281 g/mol. The predicted molar refractivity (Wildman–Crippen MR) is 78.2 cm³/mol. The number of carbonyl (C=O) groups is 2. The molecule has 0 saturated carbocycles. The highest BCUT2D eigenvalue weighted by atomic mass is 16.2. The van der Waals surface area contributed by atoms with Crippen LogP contribution in [0.5, 0.6) is 0 Å². The first-order valence-corrected chi connectivity index (χ1v) is 7.99. The van der Waals surface area contributed by atoms with Crippen molar-refractivity contribution in [1.29, 1.82) is 0 Å². The number of piperidine rings is 1. The van der Waals surface area contributed by atoms with E-state index in [2.05, 4.69) is 17.6 Å². The number of hydrogen-bond donors (Lipinski definition) is 2. The fraction of sp³-hybridized carbons (Fsp3) is 0.867. The van der Waals surface area contributed by atoms with E-state index >= 15 is 0 Å². The molecule has 0 bridgehead atoms. The van der Waals surface area contributed by atoms with Crippen LogP contribution in [0.25, 0.3) is 0 Å². The van der Waals surface area contributed by atoms with Crippen LogP contribution in [0.4, 0.5) is 0 Å². The molecule has 1 unspecified atom stereocenters. The minimum absolute atomic E-state index is 0.0950. The molecule has 1 atom stereocenters. The zero-order valence-corrected chi connectivity index (χ0v) is 12.5. The van der Waals surface area contributed by atoms with Crippen LogP contribution in [0, 0.1) is 11.8 Å². The highest BCUT2D eigenvalue weighted by Crippen LogP contribution is 2.20. The first-order valence-electron chi connectivity index (χ1n) is 7.99. The van der Waals surface area contributed by atoms with Crippen LogP contribution >= 0.6 is 0 Å². The van der Waals surface area contributed by atoms with Crippen LogP contribution < -0.4 is 10.6 Å². The maximum Gasteiger partial charge on any atom is 0.227 e. The lowest BCUT2D eigenvalue weighted by Crippen LogP contribution is -2.45. The number of nitrogens with one attached hydrogen (secondary N) is 2. The normalized spacial score (nSPS) is 23.9. The Morgan fingerprint density at radius 2 is 1.95 bits per heavy atom. The van der Waals surface area contributed by atoms with E-state index < -0.39 is 0 Å². The Balaban J connectivity index is 1.71. The second-order valence-corrected chi connectivity index (χ2v) is 5.93. The first kappa shape index (κ1) is 15.3. The topological polar surface area (TPSA) is 61.4 Å². The van der Waals surface area contributed by atoms with E-state index in [0.29, 0.717) is 0 Å². The molecule has 2 N–H and O–H groups in total. The molecule has 20 heavy (non-hydrogen) atoms. The van der Waals surface area contributed by atoms with Crippen molar-refractivity contribution in [3.05, 3.63) is 0 Å². The van der Waals surface area contributed by atoms with Crippen LogP contribution in [-0.4, -0.2) is 49.4 Å². The van der Waals surface area contributed by atoms with Crippen molar-refractivity contribution in [2.24, 2.45) is 11.8 Å². The van der Waals surface area contributed by atoms with Gasteiger partial charge >= 0.3 is 0 Å². The summed E-state index contributed by atoms with van der Waals surface area (Å²) in [5.74, 6) is 0.704. The van der Waals surface area contributed by atoms with Crippen LogP contribution in [0.2, 0.25) is 0 Å². The van der Waals surface area contributed by atoms with Gasteiger partial charge < -0.3 is 15.5 Å². The Hall–Kier alpha value is -1.10. The van der Waals surface area contributed by atoms with Crippen molar-refractivity contribution in [3.8, 4) is 0 Å². The van der Waals surface area contributed by atoms with Crippen LogP contribution in [0.15, 0.2) is 0 Å². The minimum Gasteiger partial charge on any atom is -0.356 e. The summed E-state index contributed by atoms with van der Waals surface area (Å²) in [7, 11) is 0. The van der Waals surface area contributed by atoms with Crippen molar-refractivity contribution in [2.45, 2.75) is 39.0 Å². The molecule has 114 valence electrons. The molecule has 2 amide bonds. The highest BCUT2D eigenvalue weighted by Gasteiger charge is 2.31. The zero-order chi connectivity index (χ0) is 14.4. The molecule has 2 fully saturated rings. The van der Waals surface area contributed by atoms with Gasteiger partial charge in [0.2, 0.25) is 11.8 Å². The number of rotatable bonds is 5. The maximum absolute atomic E-state index is 12.3. The van der Waals surface area contributed by atoms with E-state index in [-0.39, 0.29) is 23.7 Å². The molecule has 2 aliphatic rings. The first-order chi connectivity index (χ1) is 9.72. The number of likely N-dealkylation sites (tertiary alicyclic amines) is 1. The molecule has 2 heterocycles. The summed E-state index contributed by atoms with van der Waals surface area (Å²) in [6.45, 7) is 6.14. The van der Waals surface area contributed by atoms with Gasteiger partial charge in [-0.2, -0.15) is 0 Å². The van der Waals surface area contributed by atoms with Gasteiger partial charge in [0.05, 0.1) is 5.92 Å². The number of unbranched alkanes of at least 4 members (excludes halogenated alkanes) is 1. The summed E-state index contributed by atoms with van der Waals surface area (Å²) >= 11 is 0. The Morgan fingerprint density at radius 1 is 1.20 bits per heavy atom. The zero-order valence-electron chi connectivity index (χ0n) is 12.5. The van der Waals surface area contributed by atoms with Gasteiger partial charge in [0, 0.05) is 32.1 Å². The predicted octanol–water partition coefficient (Wildman–Crippen LogP) is 0.751. The lowest BCUT2D eigenvalue weighted by molar-refractivity contribution is -0.138. The third-order valence-corrected chi connectivity index (χ3v) is 4.42. The Bertz CT molecular complexity index is 332. The maximum atomic E-state index is 12.3. The molecule has 0 aromatic carbocycles. The van der Waals surface area contributed by atoms with E-state index in [1.807, 2.05) is 4.90 Å². The molecular weight excluding hydrogens is 254 g/mol. The number of amides is 2. The Kier molecular flexibility index (Phi) is 5.83. The molecular formula is C15H27N3O2. The standard InChI is InChI=1S/C15H27N3O2/c1-2-3-7-17-14(19)12-5-9-18(10-6-12)15(20)13-4-8-16-11-13/h12-13,16H,2-11H2,1H3,(H,17,19).